The average Bonchev–Trinajstić information content (AvgIpc) is 3.22. The van der Waals surface area contributed by atoms with E-state index >= 15 is 0 Å². The van der Waals surface area contributed by atoms with Gasteiger partial charge < -0.3 is 11.1 Å². The predicted molar refractivity (Wildman–Crippen MR) is 87.8 cm³/mol. The molecule has 23 heavy (non-hydrogen) atoms. The first kappa shape index (κ1) is 17.6. The zero-order chi connectivity index (χ0) is 15.7. The van der Waals surface area contributed by atoms with Crippen LogP contribution in [-0.2, 0) is 12.7 Å². The Balaban J connectivity index is 0.00000192. The van der Waals surface area contributed by atoms with Gasteiger partial charge in [0, 0.05) is 24.2 Å². The lowest BCUT2D eigenvalue weighted by atomic mass is 10.1. The van der Waals surface area contributed by atoms with E-state index in [0.29, 0.717) is 12.5 Å². The van der Waals surface area contributed by atoms with E-state index in [2.05, 4.69) is 5.32 Å². The molecule has 3 N–H and O–H groups in total. The van der Waals surface area contributed by atoms with Gasteiger partial charge in [0.25, 0.3) is 0 Å². The van der Waals surface area contributed by atoms with Crippen molar-refractivity contribution in [3.63, 3.8) is 0 Å². The molecule has 1 aliphatic carbocycles. The third kappa shape index (κ3) is 4.39. The molecule has 6 heteroatoms. The number of alkyl halides is 3. The Hall–Kier alpha value is -1.72. The molecule has 0 unspecified atom stereocenters. The van der Waals surface area contributed by atoms with Crippen LogP contribution in [0.5, 0.6) is 0 Å². The molecular weight excluding hydrogens is 325 g/mol. The molecule has 2 nitrogen and oxygen atoms in total. The topological polar surface area (TPSA) is 38.0 Å². The van der Waals surface area contributed by atoms with Crippen LogP contribution in [0.4, 0.5) is 18.9 Å². The smallest absolute Gasteiger partial charge is 0.381 e. The Labute approximate surface area is 139 Å². The number of hydrogen-bond donors (Lipinski definition) is 2. The molecule has 0 aromatic heterocycles. The highest BCUT2D eigenvalue weighted by molar-refractivity contribution is 5.85. The Morgan fingerprint density at radius 2 is 1.57 bits per heavy atom. The highest BCUT2D eigenvalue weighted by atomic mass is 35.5. The van der Waals surface area contributed by atoms with Crippen LogP contribution < -0.4 is 11.1 Å². The summed E-state index contributed by atoms with van der Waals surface area (Å²) in [7, 11) is 0. The van der Waals surface area contributed by atoms with Gasteiger partial charge in [-0.1, -0.05) is 24.3 Å². The standard InChI is InChI=1S/C17H17F3N2.ClH/c18-17(19,20)13-5-1-11(2-6-13)10-22-14-7-3-12(4-8-14)15-9-16(15)21;/h1-8,15-16,22H,9-10,21H2;1H/t15-,16+;/m0./s1. The number of nitrogens with two attached hydrogens (primary N) is 1. The van der Waals surface area contributed by atoms with Gasteiger partial charge in [0.2, 0.25) is 0 Å². The van der Waals surface area contributed by atoms with E-state index in [4.69, 9.17) is 5.73 Å². The molecule has 0 saturated heterocycles. The van der Waals surface area contributed by atoms with Crippen LogP contribution in [0.15, 0.2) is 48.5 Å². The molecule has 2 atom stereocenters. The Kier molecular flexibility index (Phi) is 5.22. The second-order valence-electron chi connectivity index (χ2n) is 5.68. The molecule has 0 aliphatic heterocycles. The van der Waals surface area contributed by atoms with Crippen molar-refractivity contribution in [3.8, 4) is 0 Å². The normalized spacial score (nSPS) is 19.8. The lowest BCUT2D eigenvalue weighted by molar-refractivity contribution is -0.137. The fourth-order valence-electron chi connectivity index (χ4n) is 2.46. The second kappa shape index (κ2) is 6.81. The Bertz CT molecular complexity index is 638. The number of halogens is 4. The van der Waals surface area contributed by atoms with Gasteiger partial charge in [-0.15, -0.1) is 12.4 Å². The maximum absolute atomic E-state index is 12.5. The monoisotopic (exact) mass is 342 g/mol. The minimum atomic E-state index is -4.29. The van der Waals surface area contributed by atoms with Crippen molar-refractivity contribution >= 4 is 18.1 Å². The van der Waals surface area contributed by atoms with Crippen molar-refractivity contribution in [2.75, 3.05) is 5.32 Å². The van der Waals surface area contributed by atoms with E-state index in [1.807, 2.05) is 24.3 Å². The van der Waals surface area contributed by atoms with Crippen LogP contribution in [0.25, 0.3) is 0 Å². The number of benzene rings is 2. The maximum Gasteiger partial charge on any atom is 0.416 e. The first-order chi connectivity index (χ1) is 10.4. The molecular formula is C17H18ClF3N2. The van der Waals surface area contributed by atoms with Gasteiger partial charge in [0.15, 0.2) is 0 Å². The summed E-state index contributed by atoms with van der Waals surface area (Å²) in [5.74, 6) is 0.476. The summed E-state index contributed by atoms with van der Waals surface area (Å²) in [4.78, 5) is 0. The van der Waals surface area contributed by atoms with Crippen molar-refractivity contribution < 1.29 is 13.2 Å². The van der Waals surface area contributed by atoms with Gasteiger partial charge in [-0.2, -0.15) is 13.2 Å². The van der Waals surface area contributed by atoms with Crippen LogP contribution in [0.1, 0.15) is 29.0 Å². The molecule has 0 spiro atoms. The zero-order valence-corrected chi connectivity index (χ0v) is 13.1. The molecule has 0 amide bonds. The third-order valence-electron chi connectivity index (χ3n) is 3.96. The zero-order valence-electron chi connectivity index (χ0n) is 12.3. The van der Waals surface area contributed by atoms with E-state index in [-0.39, 0.29) is 18.4 Å². The lowest BCUT2D eigenvalue weighted by Gasteiger charge is -2.10. The van der Waals surface area contributed by atoms with Crippen LogP contribution in [-0.4, -0.2) is 6.04 Å². The van der Waals surface area contributed by atoms with E-state index < -0.39 is 11.7 Å². The lowest BCUT2D eigenvalue weighted by Crippen LogP contribution is -2.05. The molecule has 3 rings (SSSR count). The summed E-state index contributed by atoms with van der Waals surface area (Å²) in [6, 6.07) is 13.5. The maximum atomic E-state index is 12.5. The van der Waals surface area contributed by atoms with Gasteiger partial charge in [-0.25, -0.2) is 0 Å². The second-order valence-corrected chi connectivity index (χ2v) is 5.68. The summed E-state index contributed by atoms with van der Waals surface area (Å²) in [5, 5.41) is 3.20. The van der Waals surface area contributed by atoms with E-state index in [9.17, 15) is 13.2 Å². The SMILES string of the molecule is Cl.N[C@@H]1C[C@H]1c1ccc(NCc2ccc(C(F)(F)F)cc2)cc1. The molecule has 124 valence electrons. The highest BCUT2D eigenvalue weighted by Crippen LogP contribution is 2.39. The van der Waals surface area contributed by atoms with E-state index in [1.165, 1.54) is 17.7 Å². The average molecular weight is 343 g/mol. The van der Waals surface area contributed by atoms with Crippen LogP contribution >= 0.6 is 12.4 Å². The summed E-state index contributed by atoms with van der Waals surface area (Å²) in [5.41, 5.74) is 8.19. The van der Waals surface area contributed by atoms with Crippen molar-refractivity contribution in [1.82, 2.24) is 0 Å². The largest absolute Gasteiger partial charge is 0.416 e. The van der Waals surface area contributed by atoms with Gasteiger partial charge in [-0.05, 0) is 41.8 Å². The molecule has 2 aromatic carbocycles. The summed E-state index contributed by atoms with van der Waals surface area (Å²) < 4.78 is 37.4. The Morgan fingerprint density at radius 3 is 2.04 bits per heavy atom. The first-order valence-corrected chi connectivity index (χ1v) is 7.19. The number of anilines is 1. The fraction of sp³-hybridized carbons (Fsp3) is 0.294. The van der Waals surface area contributed by atoms with Crippen LogP contribution in [0, 0.1) is 0 Å². The molecule has 0 heterocycles. The van der Waals surface area contributed by atoms with E-state index in [0.717, 1.165) is 29.8 Å². The number of nitrogens with one attached hydrogen (secondary N) is 1. The van der Waals surface area contributed by atoms with Gasteiger partial charge >= 0.3 is 6.18 Å². The summed E-state index contributed by atoms with van der Waals surface area (Å²) in [6.45, 7) is 0.487. The molecule has 0 bridgehead atoms. The van der Waals surface area contributed by atoms with Crippen LogP contribution in [0.3, 0.4) is 0 Å². The van der Waals surface area contributed by atoms with Gasteiger partial charge in [-0.3, -0.25) is 0 Å². The van der Waals surface area contributed by atoms with Gasteiger partial charge in [0.1, 0.15) is 0 Å². The van der Waals surface area contributed by atoms with Gasteiger partial charge in [0.05, 0.1) is 5.56 Å². The fourth-order valence-corrected chi connectivity index (χ4v) is 2.46. The van der Waals surface area contributed by atoms with Crippen LogP contribution in [0.2, 0.25) is 0 Å². The third-order valence-corrected chi connectivity index (χ3v) is 3.96. The van der Waals surface area contributed by atoms with Crippen molar-refractivity contribution in [2.24, 2.45) is 5.73 Å². The molecule has 2 aromatic rings. The minimum Gasteiger partial charge on any atom is -0.381 e. The molecule has 1 aliphatic rings. The summed E-state index contributed by atoms with van der Waals surface area (Å²) in [6.07, 6.45) is -3.25. The molecule has 0 radical (unpaired) electrons. The first-order valence-electron chi connectivity index (χ1n) is 7.19. The molecule has 1 fully saturated rings. The van der Waals surface area contributed by atoms with E-state index in [1.54, 1.807) is 0 Å². The number of hydrogen-bond acceptors (Lipinski definition) is 2. The van der Waals surface area contributed by atoms with Crippen molar-refractivity contribution in [1.29, 1.82) is 0 Å². The van der Waals surface area contributed by atoms with Crippen molar-refractivity contribution in [3.05, 3.63) is 65.2 Å². The predicted octanol–water partition coefficient (Wildman–Crippen LogP) is 4.55. The quantitative estimate of drug-likeness (QED) is 0.855. The summed E-state index contributed by atoms with van der Waals surface area (Å²) >= 11 is 0. The minimum absolute atomic E-state index is 0. The highest BCUT2D eigenvalue weighted by Gasteiger charge is 2.34. The molecule has 1 saturated carbocycles. The van der Waals surface area contributed by atoms with Crippen molar-refractivity contribution in [2.45, 2.75) is 31.1 Å². The Morgan fingerprint density at radius 1 is 1.00 bits per heavy atom. The number of rotatable bonds is 4.